The number of methoxy groups -OCH3 is 1. The summed E-state index contributed by atoms with van der Waals surface area (Å²) in [5.41, 5.74) is 0.307. The van der Waals surface area contributed by atoms with Gasteiger partial charge in [0.2, 0.25) is 0 Å². The lowest BCUT2D eigenvalue weighted by molar-refractivity contribution is -0.160. The highest BCUT2D eigenvalue weighted by Crippen LogP contribution is 2.35. The second-order valence-electron chi connectivity index (χ2n) is 6.65. The molecular formula is C17H22ClNO4. The van der Waals surface area contributed by atoms with E-state index in [0.717, 1.165) is 5.56 Å². The van der Waals surface area contributed by atoms with Crippen molar-refractivity contribution in [3.8, 4) is 0 Å². The number of nitrogens with one attached hydrogen (secondary N) is 1. The zero-order chi connectivity index (χ0) is 17.2. The van der Waals surface area contributed by atoms with Gasteiger partial charge in [0.15, 0.2) is 0 Å². The van der Waals surface area contributed by atoms with E-state index in [-0.39, 0.29) is 18.0 Å². The van der Waals surface area contributed by atoms with Crippen molar-refractivity contribution in [2.75, 3.05) is 7.11 Å². The summed E-state index contributed by atoms with van der Waals surface area (Å²) in [4.78, 5) is 24.4. The average molecular weight is 340 g/mol. The van der Waals surface area contributed by atoms with Crippen LogP contribution in [0, 0.1) is 5.92 Å². The number of benzene rings is 1. The molecule has 0 radical (unpaired) electrons. The largest absolute Gasteiger partial charge is 0.468 e. The van der Waals surface area contributed by atoms with Crippen LogP contribution in [0.25, 0.3) is 0 Å². The number of esters is 2. The van der Waals surface area contributed by atoms with Crippen molar-refractivity contribution in [3.63, 3.8) is 0 Å². The highest BCUT2D eigenvalue weighted by molar-refractivity contribution is 6.30. The second-order valence-corrected chi connectivity index (χ2v) is 7.08. The van der Waals surface area contributed by atoms with Gasteiger partial charge in [0.1, 0.15) is 11.6 Å². The molecule has 1 N–H and O–H groups in total. The lowest BCUT2D eigenvalue weighted by atomic mass is 9.93. The summed E-state index contributed by atoms with van der Waals surface area (Å²) in [6, 6.07) is 6.37. The van der Waals surface area contributed by atoms with Gasteiger partial charge < -0.3 is 9.47 Å². The monoisotopic (exact) mass is 339 g/mol. The third kappa shape index (κ3) is 4.45. The second kappa shape index (κ2) is 6.89. The molecule has 1 aliphatic rings. The predicted octanol–water partition coefficient (Wildman–Crippen LogP) is 2.87. The Kier molecular flexibility index (Phi) is 5.32. The Bertz CT molecular complexity index is 579. The van der Waals surface area contributed by atoms with Crippen LogP contribution in [0.5, 0.6) is 0 Å². The van der Waals surface area contributed by atoms with Crippen molar-refractivity contribution in [2.45, 2.75) is 44.9 Å². The van der Waals surface area contributed by atoms with E-state index in [9.17, 15) is 9.59 Å². The fourth-order valence-corrected chi connectivity index (χ4v) is 2.83. The van der Waals surface area contributed by atoms with Gasteiger partial charge in [-0.2, -0.15) is 0 Å². The third-order valence-corrected chi connectivity index (χ3v) is 3.95. The predicted molar refractivity (Wildman–Crippen MR) is 87.1 cm³/mol. The number of halogens is 1. The van der Waals surface area contributed by atoms with Crippen molar-refractivity contribution in [1.82, 2.24) is 5.32 Å². The molecule has 1 saturated heterocycles. The number of carbonyl (C=O) groups is 2. The third-order valence-electron chi connectivity index (χ3n) is 3.70. The molecule has 23 heavy (non-hydrogen) atoms. The number of hydrogen-bond acceptors (Lipinski definition) is 5. The highest BCUT2D eigenvalue weighted by atomic mass is 35.5. The van der Waals surface area contributed by atoms with Crippen LogP contribution in [0.1, 0.15) is 38.8 Å². The molecule has 1 aliphatic heterocycles. The quantitative estimate of drug-likeness (QED) is 0.858. The normalized spacial score (nSPS) is 24.3. The fraction of sp³-hybridized carbons (Fsp3) is 0.529. The smallest absolute Gasteiger partial charge is 0.322 e. The number of hydrogen-bond donors (Lipinski definition) is 1. The van der Waals surface area contributed by atoms with Crippen molar-refractivity contribution in [1.29, 1.82) is 0 Å². The van der Waals surface area contributed by atoms with Crippen molar-refractivity contribution in [3.05, 3.63) is 34.9 Å². The van der Waals surface area contributed by atoms with Gasteiger partial charge in [0.05, 0.1) is 13.0 Å². The summed E-state index contributed by atoms with van der Waals surface area (Å²) < 4.78 is 10.3. The van der Waals surface area contributed by atoms with Crippen LogP contribution in [-0.2, 0) is 19.1 Å². The molecule has 0 aliphatic carbocycles. The highest BCUT2D eigenvalue weighted by Gasteiger charge is 2.44. The molecule has 3 atom stereocenters. The number of rotatable bonds is 3. The van der Waals surface area contributed by atoms with Crippen molar-refractivity contribution in [2.24, 2.45) is 5.92 Å². The van der Waals surface area contributed by atoms with E-state index in [0.29, 0.717) is 11.4 Å². The van der Waals surface area contributed by atoms with Gasteiger partial charge in [-0.1, -0.05) is 23.7 Å². The Morgan fingerprint density at radius 1 is 1.17 bits per heavy atom. The number of carbonyl (C=O) groups excluding carboxylic acids is 2. The van der Waals surface area contributed by atoms with E-state index in [1.165, 1.54) is 7.11 Å². The Labute approximate surface area is 141 Å². The summed E-state index contributed by atoms with van der Waals surface area (Å²) in [6.45, 7) is 5.47. The minimum Gasteiger partial charge on any atom is -0.468 e. The van der Waals surface area contributed by atoms with Gasteiger partial charge in [-0.05, 0) is 44.9 Å². The molecule has 0 bridgehead atoms. The molecule has 0 unspecified atom stereocenters. The molecule has 1 fully saturated rings. The molecule has 0 spiro atoms. The molecule has 1 heterocycles. The van der Waals surface area contributed by atoms with Gasteiger partial charge in [-0.25, -0.2) is 0 Å². The topological polar surface area (TPSA) is 64.6 Å². The first kappa shape index (κ1) is 17.8. The first-order valence-electron chi connectivity index (χ1n) is 7.53. The van der Waals surface area contributed by atoms with Crippen LogP contribution in [0.3, 0.4) is 0 Å². The minimum atomic E-state index is -0.578. The molecule has 0 aromatic heterocycles. The fourth-order valence-electron chi connectivity index (χ4n) is 2.71. The van der Waals surface area contributed by atoms with E-state index >= 15 is 0 Å². The average Bonchev–Trinajstić information content (AvgIpc) is 2.90. The molecule has 0 saturated carbocycles. The Morgan fingerprint density at radius 3 is 2.30 bits per heavy atom. The Hall–Kier alpha value is -1.59. The summed E-state index contributed by atoms with van der Waals surface area (Å²) in [6.07, 6.45) is 0.342. The summed E-state index contributed by atoms with van der Waals surface area (Å²) >= 11 is 5.92. The van der Waals surface area contributed by atoms with Crippen molar-refractivity contribution < 1.29 is 19.1 Å². The maximum absolute atomic E-state index is 12.5. The van der Waals surface area contributed by atoms with Gasteiger partial charge >= 0.3 is 11.9 Å². The zero-order valence-electron chi connectivity index (χ0n) is 13.8. The lowest BCUT2D eigenvalue weighted by Gasteiger charge is -2.25. The molecule has 2 rings (SSSR count). The van der Waals surface area contributed by atoms with Gasteiger partial charge in [-0.3, -0.25) is 14.9 Å². The minimum absolute atomic E-state index is 0.314. The van der Waals surface area contributed by atoms with E-state index in [4.69, 9.17) is 21.1 Å². The first-order chi connectivity index (χ1) is 10.7. The Morgan fingerprint density at radius 2 is 1.78 bits per heavy atom. The van der Waals surface area contributed by atoms with Crippen LogP contribution in [0.2, 0.25) is 5.02 Å². The van der Waals surface area contributed by atoms with Gasteiger partial charge in [0.25, 0.3) is 0 Å². The van der Waals surface area contributed by atoms with E-state index < -0.39 is 17.6 Å². The summed E-state index contributed by atoms with van der Waals surface area (Å²) in [5, 5.41) is 3.79. The van der Waals surface area contributed by atoms with Crippen LogP contribution >= 0.6 is 11.6 Å². The summed E-state index contributed by atoms with van der Waals surface area (Å²) in [5.74, 6) is -1.16. The molecule has 6 heteroatoms. The van der Waals surface area contributed by atoms with Gasteiger partial charge in [-0.15, -0.1) is 0 Å². The SMILES string of the molecule is COC(=O)[C@@H]1C[C@@H](C(=O)OC(C)(C)C)[C@@H](c2ccc(Cl)cc2)N1. The van der Waals surface area contributed by atoms with E-state index in [2.05, 4.69) is 5.32 Å². The molecule has 0 amide bonds. The molecule has 126 valence electrons. The van der Waals surface area contributed by atoms with Gasteiger partial charge in [0, 0.05) is 11.1 Å². The van der Waals surface area contributed by atoms with Crippen LogP contribution in [0.15, 0.2) is 24.3 Å². The van der Waals surface area contributed by atoms with Crippen LogP contribution < -0.4 is 5.32 Å². The molecule has 1 aromatic rings. The number of ether oxygens (including phenoxy) is 2. The molecular weight excluding hydrogens is 318 g/mol. The zero-order valence-corrected chi connectivity index (χ0v) is 14.5. The standard InChI is InChI=1S/C17H22ClNO4/c1-17(2,3)23-15(20)12-9-13(16(21)22-4)19-14(12)10-5-7-11(18)8-6-10/h5-8,12-14,19H,9H2,1-4H3/t12-,13+,14-/m1/s1. The van der Waals surface area contributed by atoms with Crippen LogP contribution in [0.4, 0.5) is 0 Å². The van der Waals surface area contributed by atoms with Crippen molar-refractivity contribution >= 4 is 23.5 Å². The lowest BCUT2D eigenvalue weighted by Crippen LogP contribution is -2.33. The Balaban J connectivity index is 2.25. The summed E-state index contributed by atoms with van der Waals surface area (Å²) in [7, 11) is 1.34. The van der Waals surface area contributed by atoms with E-state index in [1.807, 2.05) is 32.9 Å². The van der Waals surface area contributed by atoms with E-state index in [1.54, 1.807) is 12.1 Å². The van der Waals surface area contributed by atoms with Crippen LogP contribution in [-0.4, -0.2) is 30.7 Å². The molecule has 1 aromatic carbocycles. The maximum atomic E-state index is 12.5. The molecule has 5 nitrogen and oxygen atoms in total. The first-order valence-corrected chi connectivity index (χ1v) is 7.91. The maximum Gasteiger partial charge on any atom is 0.322 e.